The molecule has 0 aliphatic carbocycles. The van der Waals surface area contributed by atoms with Crippen molar-refractivity contribution >= 4 is 27.8 Å². The molecule has 1 aromatic carbocycles. The largest absolute Gasteiger partial charge is 0.297 e. The molecule has 0 bridgehead atoms. The Kier molecular flexibility index (Phi) is 4.30. The molecule has 10 heteroatoms. The number of amides is 1. The van der Waals surface area contributed by atoms with E-state index in [0.717, 1.165) is 5.41 Å². The summed E-state index contributed by atoms with van der Waals surface area (Å²) >= 11 is 0. The molecule has 1 aliphatic heterocycles. The van der Waals surface area contributed by atoms with Crippen LogP contribution in [0.3, 0.4) is 0 Å². The van der Waals surface area contributed by atoms with Gasteiger partial charge in [0.25, 0.3) is 0 Å². The third kappa shape index (κ3) is 2.61. The molecule has 2 aromatic rings. The summed E-state index contributed by atoms with van der Waals surface area (Å²) in [4.78, 5) is 12.4. The molecule has 0 spiro atoms. The van der Waals surface area contributed by atoms with Gasteiger partial charge in [0.2, 0.25) is 11.9 Å². The Balaban J connectivity index is 0.00000176. The first-order chi connectivity index (χ1) is 9.90. The predicted octanol–water partition coefficient (Wildman–Crippen LogP) is 0.327. The number of fused-ring (bicyclic) bond motifs is 1. The zero-order chi connectivity index (χ0) is 15.2. The SMILES string of the molecule is Cc1c(C(=O)Nc2nnnn2C)c[c-]c2c1S(=O)(=O)C=C2.[W]. The normalized spacial score (nSPS) is 14.3. The number of aromatic nitrogens is 4. The number of aryl methyl sites for hydroxylation is 1. The Morgan fingerprint density at radius 3 is 2.77 bits per heavy atom. The van der Waals surface area contributed by atoms with Gasteiger partial charge in [-0.05, 0) is 26.3 Å². The number of carbonyl (C=O) groups is 1. The van der Waals surface area contributed by atoms with Crippen LogP contribution in [0.2, 0.25) is 0 Å². The van der Waals surface area contributed by atoms with Crippen molar-refractivity contribution in [1.29, 1.82) is 0 Å². The van der Waals surface area contributed by atoms with Crippen molar-refractivity contribution < 1.29 is 34.3 Å². The molecule has 1 aliphatic rings. The number of carbonyl (C=O) groups excluding carboxylic acids is 1. The number of nitrogens with zero attached hydrogens (tertiary/aromatic N) is 4. The molecular formula is C12H10N5O3SW-. The van der Waals surface area contributed by atoms with Crippen molar-refractivity contribution in [3.05, 3.63) is 34.2 Å². The van der Waals surface area contributed by atoms with Gasteiger partial charge in [-0.25, -0.2) is 13.1 Å². The Labute approximate surface area is 140 Å². The van der Waals surface area contributed by atoms with Crippen molar-refractivity contribution in [3.63, 3.8) is 0 Å². The van der Waals surface area contributed by atoms with Crippen LogP contribution in [0.4, 0.5) is 5.95 Å². The van der Waals surface area contributed by atoms with Crippen molar-refractivity contribution in [2.75, 3.05) is 5.32 Å². The van der Waals surface area contributed by atoms with E-state index < -0.39 is 15.7 Å². The van der Waals surface area contributed by atoms with Gasteiger partial charge >= 0.3 is 0 Å². The number of hydrogen-bond donors (Lipinski definition) is 1. The molecule has 0 saturated carbocycles. The minimum absolute atomic E-state index is 0. The summed E-state index contributed by atoms with van der Waals surface area (Å²) in [5.74, 6) is -0.326. The van der Waals surface area contributed by atoms with Crippen LogP contribution >= 0.6 is 0 Å². The van der Waals surface area contributed by atoms with Gasteiger partial charge in [0.05, 0.1) is 0 Å². The van der Waals surface area contributed by atoms with E-state index in [4.69, 9.17) is 0 Å². The molecule has 22 heavy (non-hydrogen) atoms. The second-order valence-electron chi connectivity index (χ2n) is 4.50. The molecule has 0 unspecified atom stereocenters. The smallest absolute Gasteiger partial charge is 0.248 e. The maximum absolute atomic E-state index is 12.2. The Bertz CT molecular complexity index is 888. The number of benzene rings is 1. The zero-order valence-electron chi connectivity index (χ0n) is 11.6. The maximum Gasteiger partial charge on any atom is 0.248 e. The molecule has 114 valence electrons. The van der Waals surface area contributed by atoms with E-state index in [2.05, 4.69) is 26.9 Å². The number of rotatable bonds is 2. The molecule has 1 N–H and O–H groups in total. The zero-order valence-corrected chi connectivity index (χ0v) is 15.3. The maximum atomic E-state index is 12.2. The van der Waals surface area contributed by atoms with Gasteiger partial charge in [-0.15, -0.1) is 29.3 Å². The summed E-state index contributed by atoms with van der Waals surface area (Å²) in [6, 6.07) is 4.26. The van der Waals surface area contributed by atoms with Crippen LogP contribution in [-0.4, -0.2) is 34.5 Å². The Hall–Kier alpha value is -1.86. The van der Waals surface area contributed by atoms with E-state index in [-0.39, 0.29) is 37.5 Å². The average molecular weight is 488 g/mol. The van der Waals surface area contributed by atoms with Crippen LogP contribution in [0.25, 0.3) is 6.08 Å². The molecule has 1 aromatic heterocycles. The molecule has 8 nitrogen and oxygen atoms in total. The van der Waals surface area contributed by atoms with E-state index in [9.17, 15) is 13.2 Å². The van der Waals surface area contributed by atoms with Crippen LogP contribution in [0.1, 0.15) is 21.5 Å². The van der Waals surface area contributed by atoms with Gasteiger partial charge in [0.1, 0.15) is 0 Å². The standard InChI is InChI=1S/C12H10N5O3S.W/c1-7-9(11(18)13-12-14-15-16-17(12)2)4-3-8-5-6-21(19,20)10(7)8;/h4-6H,1-2H3,(H,13,14,16,18);/q-1;. The Morgan fingerprint density at radius 1 is 1.41 bits per heavy atom. The molecule has 3 rings (SSSR count). The molecular weight excluding hydrogens is 478 g/mol. The molecule has 0 atom stereocenters. The molecule has 0 radical (unpaired) electrons. The van der Waals surface area contributed by atoms with E-state index in [1.54, 1.807) is 14.0 Å². The number of sulfone groups is 1. The number of anilines is 1. The Morgan fingerprint density at radius 2 is 2.14 bits per heavy atom. The summed E-state index contributed by atoms with van der Waals surface area (Å²) in [5.41, 5.74) is 1.05. The number of nitrogens with one attached hydrogen (secondary N) is 1. The summed E-state index contributed by atoms with van der Waals surface area (Å²) in [7, 11) is -1.92. The van der Waals surface area contributed by atoms with Gasteiger partial charge in [-0.3, -0.25) is 10.1 Å². The van der Waals surface area contributed by atoms with Crippen LogP contribution in [0, 0.1) is 13.0 Å². The van der Waals surface area contributed by atoms with Crippen molar-refractivity contribution in [2.45, 2.75) is 11.8 Å². The first kappa shape index (κ1) is 16.5. The van der Waals surface area contributed by atoms with E-state index in [0.29, 0.717) is 11.1 Å². The van der Waals surface area contributed by atoms with Crippen LogP contribution in [-0.2, 0) is 38.0 Å². The molecule has 0 saturated heterocycles. The van der Waals surface area contributed by atoms with Crippen LogP contribution < -0.4 is 5.32 Å². The first-order valence-electron chi connectivity index (χ1n) is 5.92. The van der Waals surface area contributed by atoms with E-state index in [1.165, 1.54) is 16.8 Å². The third-order valence-electron chi connectivity index (χ3n) is 3.15. The van der Waals surface area contributed by atoms with Gasteiger partial charge in [0, 0.05) is 28.1 Å². The quantitative estimate of drug-likeness (QED) is 0.611. The monoisotopic (exact) mass is 488 g/mol. The number of tetrazole rings is 1. The van der Waals surface area contributed by atoms with Crippen molar-refractivity contribution in [1.82, 2.24) is 20.2 Å². The van der Waals surface area contributed by atoms with Crippen molar-refractivity contribution in [3.8, 4) is 0 Å². The summed E-state index contributed by atoms with van der Waals surface area (Å²) in [6.07, 6.45) is 1.46. The fourth-order valence-electron chi connectivity index (χ4n) is 2.10. The minimum atomic E-state index is -3.50. The van der Waals surface area contributed by atoms with E-state index in [1.807, 2.05) is 0 Å². The molecule has 0 fully saturated rings. The predicted molar refractivity (Wildman–Crippen MR) is 73.0 cm³/mol. The second kappa shape index (κ2) is 5.73. The van der Waals surface area contributed by atoms with E-state index >= 15 is 0 Å². The topological polar surface area (TPSA) is 107 Å². The van der Waals surface area contributed by atoms with Gasteiger partial charge in [0.15, 0.2) is 9.84 Å². The van der Waals surface area contributed by atoms with Crippen LogP contribution in [0.5, 0.6) is 0 Å². The van der Waals surface area contributed by atoms with Crippen molar-refractivity contribution in [2.24, 2.45) is 7.05 Å². The molecule has 1 amide bonds. The fraction of sp³-hybridized carbons (Fsp3) is 0.167. The van der Waals surface area contributed by atoms with Crippen LogP contribution in [0.15, 0.2) is 16.4 Å². The summed E-state index contributed by atoms with van der Waals surface area (Å²) in [5, 5.41) is 14.3. The summed E-state index contributed by atoms with van der Waals surface area (Å²) < 4.78 is 25.2. The molecule has 2 heterocycles. The summed E-state index contributed by atoms with van der Waals surface area (Å²) in [6.45, 7) is 1.58. The fourth-order valence-corrected chi connectivity index (χ4v) is 3.53. The third-order valence-corrected chi connectivity index (χ3v) is 4.74. The number of hydrogen-bond acceptors (Lipinski definition) is 6. The average Bonchev–Trinajstić information content (AvgIpc) is 2.94. The van der Waals surface area contributed by atoms with Gasteiger partial charge in [-0.1, -0.05) is 12.0 Å². The van der Waals surface area contributed by atoms with Gasteiger partial charge in [-0.2, -0.15) is 0 Å². The van der Waals surface area contributed by atoms with Gasteiger partial charge < -0.3 is 0 Å². The first-order valence-corrected chi connectivity index (χ1v) is 7.47. The minimum Gasteiger partial charge on any atom is -0.297 e. The second-order valence-corrected chi connectivity index (χ2v) is 6.27.